The Morgan fingerprint density at radius 2 is 1.88 bits per heavy atom. The summed E-state index contributed by atoms with van der Waals surface area (Å²) in [6.45, 7) is 3.73. The van der Waals surface area contributed by atoms with Gasteiger partial charge in [0.1, 0.15) is 11.8 Å². The van der Waals surface area contributed by atoms with Crippen molar-refractivity contribution >= 4 is 29.0 Å². The van der Waals surface area contributed by atoms with Gasteiger partial charge in [0.05, 0.1) is 28.5 Å². The standard InChI is InChI=1S/C31H26N4O5S/c1-3-39-25-17-21(13-14-23(25)36)28-27(29(37)34-22-10-5-4-6-11-22)19(2)33-31-35(28)30(38)26(41-31)18-20-9-7-8-12-24(20)40-16-15-32/h4-14,17-18,28,36H,3,16H2,1-2H3,(H,34,37)/b26-18-/t28-/m1/s1. The van der Waals surface area contributed by atoms with Crippen molar-refractivity contribution in [1.29, 1.82) is 5.26 Å². The average Bonchev–Trinajstić information content (AvgIpc) is 3.27. The molecule has 1 amide bonds. The van der Waals surface area contributed by atoms with Crippen molar-refractivity contribution in [2.45, 2.75) is 19.9 Å². The summed E-state index contributed by atoms with van der Waals surface area (Å²) in [6, 6.07) is 22.0. The van der Waals surface area contributed by atoms with Crippen LogP contribution in [0, 0.1) is 11.3 Å². The van der Waals surface area contributed by atoms with Crippen LogP contribution in [0.2, 0.25) is 0 Å². The summed E-state index contributed by atoms with van der Waals surface area (Å²) in [7, 11) is 0. The molecule has 206 valence electrons. The molecular weight excluding hydrogens is 540 g/mol. The topological polar surface area (TPSA) is 126 Å². The number of hydrogen-bond acceptors (Lipinski definition) is 8. The minimum absolute atomic E-state index is 0.0482. The normalized spacial score (nSPS) is 14.6. The molecule has 3 aromatic carbocycles. The van der Waals surface area contributed by atoms with E-state index < -0.39 is 11.9 Å². The van der Waals surface area contributed by atoms with Gasteiger partial charge in [0.2, 0.25) is 0 Å². The van der Waals surface area contributed by atoms with Gasteiger partial charge in [-0.15, -0.1) is 0 Å². The first-order valence-corrected chi connectivity index (χ1v) is 13.7. The largest absolute Gasteiger partial charge is 0.504 e. The maximum atomic E-state index is 14.0. The lowest BCUT2D eigenvalue weighted by atomic mass is 9.94. The number of nitrogens with zero attached hydrogens (tertiary/aromatic N) is 3. The Kier molecular flexibility index (Phi) is 7.99. The fourth-order valence-corrected chi connectivity index (χ4v) is 5.64. The highest BCUT2D eigenvalue weighted by Gasteiger charge is 2.33. The number of nitriles is 1. The number of nitrogens with one attached hydrogen (secondary N) is 1. The first kappa shape index (κ1) is 27.4. The molecule has 2 heterocycles. The number of para-hydroxylation sites is 2. The van der Waals surface area contributed by atoms with E-state index in [9.17, 15) is 14.7 Å². The van der Waals surface area contributed by atoms with Gasteiger partial charge >= 0.3 is 0 Å². The Bertz CT molecular complexity index is 1870. The lowest BCUT2D eigenvalue weighted by Crippen LogP contribution is -2.40. The Morgan fingerprint density at radius 1 is 1.12 bits per heavy atom. The SMILES string of the molecule is CCOc1cc([C@@H]2C(C(=O)Nc3ccccc3)=C(C)N=c3s/c(=C\c4ccccc4OCC#N)c(=O)n32)ccc1O. The first-order valence-electron chi connectivity index (χ1n) is 12.8. The third-order valence-electron chi connectivity index (χ3n) is 6.40. The first-order chi connectivity index (χ1) is 19.9. The van der Waals surface area contributed by atoms with E-state index in [0.717, 1.165) is 0 Å². The average molecular weight is 567 g/mol. The number of carbonyl (C=O) groups is 1. The Balaban J connectivity index is 1.69. The molecule has 0 spiro atoms. The van der Waals surface area contributed by atoms with Gasteiger partial charge in [-0.05, 0) is 55.8 Å². The summed E-state index contributed by atoms with van der Waals surface area (Å²) in [5.41, 5.74) is 2.20. The molecule has 10 heteroatoms. The van der Waals surface area contributed by atoms with Crippen molar-refractivity contribution in [1.82, 2.24) is 4.57 Å². The van der Waals surface area contributed by atoms with Gasteiger partial charge in [-0.2, -0.15) is 5.26 Å². The molecule has 9 nitrogen and oxygen atoms in total. The molecule has 0 fully saturated rings. The van der Waals surface area contributed by atoms with Crippen LogP contribution in [0.25, 0.3) is 6.08 Å². The van der Waals surface area contributed by atoms with Crippen LogP contribution in [0.1, 0.15) is 31.0 Å². The molecule has 0 saturated carbocycles. The van der Waals surface area contributed by atoms with Gasteiger partial charge in [0.25, 0.3) is 11.5 Å². The number of thiazole rings is 1. The van der Waals surface area contributed by atoms with E-state index >= 15 is 0 Å². The maximum Gasteiger partial charge on any atom is 0.271 e. The van der Waals surface area contributed by atoms with Crippen LogP contribution in [-0.2, 0) is 4.79 Å². The number of phenols is 1. The number of rotatable bonds is 8. The van der Waals surface area contributed by atoms with E-state index in [-0.39, 0.29) is 23.7 Å². The van der Waals surface area contributed by atoms with E-state index in [2.05, 4.69) is 10.3 Å². The van der Waals surface area contributed by atoms with Crippen molar-refractivity contribution in [3.63, 3.8) is 0 Å². The molecule has 1 atom stereocenters. The van der Waals surface area contributed by atoms with Crippen LogP contribution in [0.15, 0.2) is 93.9 Å². The number of fused-ring (bicyclic) bond motifs is 1. The van der Waals surface area contributed by atoms with Gasteiger partial charge in [0, 0.05) is 11.3 Å². The summed E-state index contributed by atoms with van der Waals surface area (Å²) in [5, 5.41) is 22.2. The van der Waals surface area contributed by atoms with Gasteiger partial charge in [0.15, 0.2) is 22.9 Å². The molecule has 0 radical (unpaired) electrons. The second kappa shape index (κ2) is 11.9. The summed E-state index contributed by atoms with van der Waals surface area (Å²) < 4.78 is 13.0. The molecule has 1 aromatic heterocycles. The monoisotopic (exact) mass is 566 g/mol. The predicted molar refractivity (Wildman–Crippen MR) is 156 cm³/mol. The quantitative estimate of drug-likeness (QED) is 0.333. The molecule has 0 unspecified atom stereocenters. The summed E-state index contributed by atoms with van der Waals surface area (Å²) >= 11 is 1.19. The third kappa shape index (κ3) is 5.62. The highest BCUT2D eigenvalue weighted by molar-refractivity contribution is 7.07. The fraction of sp³-hybridized carbons (Fsp3) is 0.161. The molecule has 1 aliphatic heterocycles. The second-order valence-electron chi connectivity index (χ2n) is 9.05. The Hall–Kier alpha value is -5.14. The van der Waals surface area contributed by atoms with E-state index in [1.807, 2.05) is 30.3 Å². The number of phenolic OH excluding ortho intramolecular Hbond substituents is 1. The van der Waals surface area contributed by atoms with Gasteiger partial charge < -0.3 is 19.9 Å². The highest BCUT2D eigenvalue weighted by Crippen LogP contribution is 2.35. The van der Waals surface area contributed by atoms with Crippen molar-refractivity contribution in [3.05, 3.63) is 115 Å². The second-order valence-corrected chi connectivity index (χ2v) is 10.1. The zero-order valence-corrected chi connectivity index (χ0v) is 23.1. The van der Waals surface area contributed by atoms with Crippen molar-refractivity contribution in [2.75, 3.05) is 18.5 Å². The lowest BCUT2D eigenvalue weighted by molar-refractivity contribution is -0.113. The minimum Gasteiger partial charge on any atom is -0.504 e. The number of benzene rings is 3. The number of hydrogen-bond donors (Lipinski definition) is 2. The number of anilines is 1. The van der Waals surface area contributed by atoms with Crippen LogP contribution in [-0.4, -0.2) is 28.8 Å². The van der Waals surface area contributed by atoms with Crippen LogP contribution in [0.3, 0.4) is 0 Å². The van der Waals surface area contributed by atoms with Crippen molar-refractivity contribution < 1.29 is 19.4 Å². The number of aromatic hydroxyl groups is 1. The van der Waals surface area contributed by atoms with Crippen molar-refractivity contribution in [2.24, 2.45) is 4.99 Å². The number of aromatic nitrogens is 1. The molecule has 2 N–H and O–H groups in total. The van der Waals surface area contributed by atoms with E-state index in [4.69, 9.17) is 14.7 Å². The molecule has 41 heavy (non-hydrogen) atoms. The maximum absolute atomic E-state index is 14.0. The number of amides is 1. The summed E-state index contributed by atoms with van der Waals surface area (Å²) in [6.07, 6.45) is 1.69. The molecule has 4 aromatic rings. The molecular formula is C31H26N4O5S. The molecule has 1 aliphatic rings. The van der Waals surface area contributed by atoms with Crippen molar-refractivity contribution in [3.8, 4) is 23.3 Å². The number of carbonyl (C=O) groups excluding carboxylic acids is 1. The predicted octanol–water partition coefficient (Wildman–Crippen LogP) is 3.88. The van der Waals surface area contributed by atoms with Gasteiger partial charge in [-0.3, -0.25) is 14.2 Å². The number of ether oxygens (including phenoxy) is 2. The zero-order chi connectivity index (χ0) is 28.9. The third-order valence-corrected chi connectivity index (χ3v) is 7.38. The summed E-state index contributed by atoms with van der Waals surface area (Å²) in [4.78, 5) is 32.8. The summed E-state index contributed by atoms with van der Waals surface area (Å²) in [5.74, 6) is 0.259. The van der Waals surface area contributed by atoms with Crippen LogP contribution in [0.5, 0.6) is 17.2 Å². The van der Waals surface area contributed by atoms with Crippen LogP contribution in [0.4, 0.5) is 5.69 Å². The molecule has 0 saturated heterocycles. The zero-order valence-electron chi connectivity index (χ0n) is 22.3. The van der Waals surface area contributed by atoms with Gasteiger partial charge in [-0.25, -0.2) is 4.99 Å². The van der Waals surface area contributed by atoms with Crippen LogP contribution >= 0.6 is 11.3 Å². The Labute approximate surface area is 239 Å². The minimum atomic E-state index is -0.845. The number of allylic oxidation sites excluding steroid dienone is 1. The van der Waals surface area contributed by atoms with Gasteiger partial charge in [-0.1, -0.05) is 53.8 Å². The highest BCUT2D eigenvalue weighted by atomic mass is 32.1. The smallest absolute Gasteiger partial charge is 0.271 e. The van der Waals surface area contributed by atoms with E-state index in [1.54, 1.807) is 62.4 Å². The lowest BCUT2D eigenvalue weighted by Gasteiger charge is -2.26. The fourth-order valence-electron chi connectivity index (χ4n) is 4.60. The van der Waals surface area contributed by atoms with E-state index in [1.165, 1.54) is 22.0 Å². The molecule has 0 aliphatic carbocycles. The Morgan fingerprint density at radius 3 is 2.63 bits per heavy atom. The molecule has 5 rings (SSSR count). The van der Waals surface area contributed by atoms with Crippen LogP contribution < -0.4 is 29.7 Å². The molecule has 0 bridgehead atoms. The van der Waals surface area contributed by atoms with E-state index in [0.29, 0.717) is 49.8 Å².